The molecule has 0 aromatic rings. The lowest BCUT2D eigenvalue weighted by Gasteiger charge is -2.35. The van der Waals surface area contributed by atoms with Crippen LogP contribution in [-0.4, -0.2) is 18.4 Å². The molecule has 1 unspecified atom stereocenters. The molecule has 3 nitrogen and oxygen atoms in total. The van der Waals surface area contributed by atoms with Gasteiger partial charge in [-0.25, -0.2) is 0 Å². The highest BCUT2D eigenvalue weighted by Crippen LogP contribution is 2.22. The molecule has 2 rings (SSSR count). The molecule has 0 amide bonds. The Balaban J connectivity index is 2.07. The highest BCUT2D eigenvalue weighted by atomic mass is 16.5. The van der Waals surface area contributed by atoms with Gasteiger partial charge in [-0.15, -0.1) is 0 Å². The van der Waals surface area contributed by atoms with Gasteiger partial charge in [-0.05, 0) is 25.5 Å². The summed E-state index contributed by atoms with van der Waals surface area (Å²) in [6.07, 6.45) is 16.3. The lowest BCUT2D eigenvalue weighted by molar-refractivity contribution is -0.0278. The van der Waals surface area contributed by atoms with Gasteiger partial charge in [-0.1, -0.05) is 30.4 Å². The number of ether oxygens (including phenoxy) is 1. The SMILES string of the molecule is CCOC1(NC2C=CCC=C2)C=CC(N)=CC1. The minimum Gasteiger partial charge on any atom is -0.399 e. The normalized spacial score (nSPS) is 28.4. The molecule has 2 aliphatic carbocycles. The van der Waals surface area contributed by atoms with Gasteiger partial charge in [0.25, 0.3) is 0 Å². The van der Waals surface area contributed by atoms with Crippen molar-refractivity contribution in [3.05, 3.63) is 48.2 Å². The average molecular weight is 232 g/mol. The zero-order valence-electron chi connectivity index (χ0n) is 10.2. The largest absolute Gasteiger partial charge is 0.399 e. The van der Waals surface area contributed by atoms with Gasteiger partial charge in [0.2, 0.25) is 0 Å². The van der Waals surface area contributed by atoms with E-state index in [-0.39, 0.29) is 6.04 Å². The fraction of sp³-hybridized carbons (Fsp3) is 0.429. The van der Waals surface area contributed by atoms with Crippen LogP contribution in [0.15, 0.2) is 48.2 Å². The molecule has 0 aromatic heterocycles. The maximum Gasteiger partial charge on any atom is 0.142 e. The van der Waals surface area contributed by atoms with E-state index in [4.69, 9.17) is 10.5 Å². The Labute approximate surface area is 103 Å². The van der Waals surface area contributed by atoms with Crippen LogP contribution in [0.25, 0.3) is 0 Å². The second-order valence-corrected chi connectivity index (χ2v) is 4.33. The molecule has 0 saturated heterocycles. The fourth-order valence-corrected chi connectivity index (χ4v) is 2.12. The molecule has 17 heavy (non-hydrogen) atoms. The van der Waals surface area contributed by atoms with Crippen LogP contribution in [-0.2, 0) is 4.74 Å². The summed E-state index contributed by atoms with van der Waals surface area (Å²) in [5, 5.41) is 3.51. The molecule has 0 fully saturated rings. The second-order valence-electron chi connectivity index (χ2n) is 4.33. The molecule has 1 atom stereocenters. The molecule has 0 radical (unpaired) electrons. The molecular weight excluding hydrogens is 212 g/mol. The molecule has 0 spiro atoms. The minimum absolute atomic E-state index is 0.229. The smallest absolute Gasteiger partial charge is 0.142 e. The Morgan fingerprint density at radius 3 is 2.82 bits per heavy atom. The molecular formula is C14H20N2O. The molecule has 0 aliphatic heterocycles. The fourth-order valence-electron chi connectivity index (χ4n) is 2.12. The van der Waals surface area contributed by atoms with Crippen molar-refractivity contribution in [2.45, 2.75) is 31.5 Å². The number of allylic oxidation sites excluding steroid dienone is 3. The summed E-state index contributed by atoms with van der Waals surface area (Å²) in [7, 11) is 0. The van der Waals surface area contributed by atoms with E-state index in [2.05, 4.69) is 29.6 Å². The van der Waals surface area contributed by atoms with Gasteiger partial charge in [0.15, 0.2) is 0 Å². The minimum atomic E-state index is -0.422. The third-order valence-corrected chi connectivity index (χ3v) is 2.96. The van der Waals surface area contributed by atoms with E-state index in [1.165, 1.54) is 0 Å². The second kappa shape index (κ2) is 5.34. The highest BCUT2D eigenvalue weighted by molar-refractivity contribution is 5.26. The van der Waals surface area contributed by atoms with Gasteiger partial charge < -0.3 is 10.5 Å². The summed E-state index contributed by atoms with van der Waals surface area (Å²) in [5.41, 5.74) is 6.13. The van der Waals surface area contributed by atoms with Crippen LogP contribution in [0.1, 0.15) is 19.8 Å². The monoisotopic (exact) mass is 232 g/mol. The van der Waals surface area contributed by atoms with Crippen molar-refractivity contribution in [1.82, 2.24) is 5.32 Å². The van der Waals surface area contributed by atoms with E-state index in [1.54, 1.807) is 0 Å². The quantitative estimate of drug-likeness (QED) is 0.575. The summed E-state index contributed by atoms with van der Waals surface area (Å²) < 4.78 is 5.86. The molecule has 3 heteroatoms. The number of hydrogen-bond acceptors (Lipinski definition) is 3. The zero-order valence-corrected chi connectivity index (χ0v) is 10.2. The van der Waals surface area contributed by atoms with Crippen LogP contribution in [0.4, 0.5) is 0 Å². The van der Waals surface area contributed by atoms with Gasteiger partial charge in [0, 0.05) is 24.8 Å². The molecule has 3 N–H and O–H groups in total. The predicted molar refractivity (Wildman–Crippen MR) is 70.2 cm³/mol. The van der Waals surface area contributed by atoms with Gasteiger partial charge in [-0.3, -0.25) is 5.32 Å². The van der Waals surface area contributed by atoms with Gasteiger partial charge in [0.05, 0.1) is 0 Å². The van der Waals surface area contributed by atoms with Crippen LogP contribution in [0.5, 0.6) is 0 Å². The van der Waals surface area contributed by atoms with Crippen LogP contribution >= 0.6 is 0 Å². The predicted octanol–water partition coefficient (Wildman–Crippen LogP) is 2.00. The first-order chi connectivity index (χ1) is 8.24. The number of nitrogens with one attached hydrogen (secondary N) is 1. The van der Waals surface area contributed by atoms with Crippen molar-refractivity contribution in [1.29, 1.82) is 0 Å². The van der Waals surface area contributed by atoms with Crippen molar-refractivity contribution in [3.63, 3.8) is 0 Å². The molecule has 92 valence electrons. The molecule has 2 aliphatic rings. The molecule has 0 heterocycles. The standard InChI is InChI=1S/C14H20N2O/c1-2-17-14(10-8-12(15)9-11-14)16-13-6-4-3-5-7-13/h4-10,13,16H,2-3,11,15H2,1H3. The summed E-state index contributed by atoms with van der Waals surface area (Å²) >= 11 is 0. The van der Waals surface area contributed by atoms with Crippen LogP contribution in [0.2, 0.25) is 0 Å². The first-order valence-corrected chi connectivity index (χ1v) is 6.14. The Bertz CT molecular complexity index is 370. The third-order valence-electron chi connectivity index (χ3n) is 2.96. The number of hydrogen-bond donors (Lipinski definition) is 2. The van der Waals surface area contributed by atoms with E-state index in [0.29, 0.717) is 6.61 Å². The lowest BCUT2D eigenvalue weighted by atomic mass is 10.00. The van der Waals surface area contributed by atoms with Crippen molar-refractivity contribution >= 4 is 0 Å². The summed E-state index contributed by atoms with van der Waals surface area (Å²) in [6, 6.07) is 0.229. The Kier molecular flexibility index (Phi) is 3.82. The first kappa shape index (κ1) is 12.1. The van der Waals surface area contributed by atoms with E-state index in [0.717, 1.165) is 18.5 Å². The highest BCUT2D eigenvalue weighted by Gasteiger charge is 2.29. The Morgan fingerprint density at radius 1 is 1.47 bits per heavy atom. The average Bonchev–Trinajstić information content (AvgIpc) is 2.35. The third kappa shape index (κ3) is 3.08. The van der Waals surface area contributed by atoms with Crippen LogP contribution in [0.3, 0.4) is 0 Å². The summed E-state index contributed by atoms with van der Waals surface area (Å²) in [6.45, 7) is 2.68. The molecule has 0 bridgehead atoms. The lowest BCUT2D eigenvalue weighted by Crippen LogP contribution is -2.50. The number of nitrogens with two attached hydrogens (primary N) is 1. The van der Waals surface area contributed by atoms with Crippen molar-refractivity contribution in [2.24, 2.45) is 5.73 Å². The topological polar surface area (TPSA) is 47.3 Å². The van der Waals surface area contributed by atoms with Gasteiger partial charge in [0.1, 0.15) is 5.72 Å². The van der Waals surface area contributed by atoms with Crippen molar-refractivity contribution in [3.8, 4) is 0 Å². The van der Waals surface area contributed by atoms with E-state index >= 15 is 0 Å². The Morgan fingerprint density at radius 2 is 2.24 bits per heavy atom. The van der Waals surface area contributed by atoms with Gasteiger partial charge >= 0.3 is 0 Å². The van der Waals surface area contributed by atoms with Crippen molar-refractivity contribution < 1.29 is 4.74 Å². The maximum absolute atomic E-state index is 5.86. The summed E-state index contributed by atoms with van der Waals surface area (Å²) in [5.74, 6) is 0. The van der Waals surface area contributed by atoms with E-state index < -0.39 is 5.72 Å². The van der Waals surface area contributed by atoms with Crippen LogP contribution in [0, 0.1) is 0 Å². The zero-order chi connectivity index (χ0) is 12.1. The maximum atomic E-state index is 5.86. The van der Waals surface area contributed by atoms with E-state index in [1.807, 2.05) is 25.2 Å². The number of rotatable bonds is 4. The molecule has 0 aromatic carbocycles. The van der Waals surface area contributed by atoms with E-state index in [9.17, 15) is 0 Å². The van der Waals surface area contributed by atoms with Gasteiger partial charge in [-0.2, -0.15) is 0 Å². The summed E-state index contributed by atoms with van der Waals surface area (Å²) in [4.78, 5) is 0. The van der Waals surface area contributed by atoms with Crippen LogP contribution < -0.4 is 11.1 Å². The molecule has 0 saturated carbocycles. The Hall–Kier alpha value is -1.32. The van der Waals surface area contributed by atoms with Crippen molar-refractivity contribution in [2.75, 3.05) is 6.61 Å². The first-order valence-electron chi connectivity index (χ1n) is 6.14.